The van der Waals surface area contributed by atoms with Gasteiger partial charge in [0.05, 0.1) is 7.11 Å². The molecular weight excluding hydrogens is 267 g/mol. The van der Waals surface area contributed by atoms with Crippen LogP contribution in [0.3, 0.4) is 0 Å². The summed E-state index contributed by atoms with van der Waals surface area (Å²) in [6, 6.07) is 9.28. The Bertz CT molecular complexity index is 599. The maximum atomic E-state index is 13.3. The van der Waals surface area contributed by atoms with Crippen molar-refractivity contribution in [2.45, 2.75) is 13.0 Å². The zero-order chi connectivity index (χ0) is 14.0. The van der Waals surface area contributed by atoms with Gasteiger partial charge in [-0.25, -0.2) is 4.39 Å². The van der Waals surface area contributed by atoms with Crippen LogP contribution in [0.15, 0.2) is 36.4 Å². The lowest BCUT2D eigenvalue weighted by molar-refractivity contribution is 0.213. The van der Waals surface area contributed by atoms with E-state index in [1.807, 2.05) is 13.0 Å². The van der Waals surface area contributed by atoms with Gasteiger partial charge in [-0.1, -0.05) is 17.7 Å². The highest BCUT2D eigenvalue weighted by Gasteiger charge is 2.18. The Hall–Kier alpha value is -1.58. The van der Waals surface area contributed by atoms with Crippen LogP contribution in [0.2, 0.25) is 5.02 Å². The summed E-state index contributed by atoms with van der Waals surface area (Å²) in [5.41, 5.74) is 1.90. The number of benzene rings is 2. The van der Waals surface area contributed by atoms with Crippen molar-refractivity contribution in [2.75, 3.05) is 7.11 Å². The van der Waals surface area contributed by atoms with Crippen LogP contribution in [-0.2, 0) is 0 Å². The highest BCUT2D eigenvalue weighted by atomic mass is 35.5. The van der Waals surface area contributed by atoms with Gasteiger partial charge in [-0.05, 0) is 48.4 Å². The van der Waals surface area contributed by atoms with Crippen molar-refractivity contribution in [1.29, 1.82) is 0 Å². The second kappa shape index (κ2) is 5.59. The fourth-order valence-electron chi connectivity index (χ4n) is 1.99. The highest BCUT2D eigenvalue weighted by Crippen LogP contribution is 2.33. The van der Waals surface area contributed by atoms with Gasteiger partial charge in [0, 0.05) is 10.6 Å². The van der Waals surface area contributed by atoms with Crippen molar-refractivity contribution in [2.24, 2.45) is 0 Å². The van der Waals surface area contributed by atoms with Gasteiger partial charge in [0.25, 0.3) is 0 Å². The van der Waals surface area contributed by atoms with Gasteiger partial charge >= 0.3 is 0 Å². The minimum atomic E-state index is -0.982. The Labute approximate surface area is 116 Å². The highest BCUT2D eigenvalue weighted by molar-refractivity contribution is 6.30. The number of aryl methyl sites for hydroxylation is 1. The van der Waals surface area contributed by atoms with Crippen LogP contribution in [0.4, 0.5) is 4.39 Å². The molecule has 1 unspecified atom stereocenters. The number of halogens is 2. The van der Waals surface area contributed by atoms with Crippen LogP contribution in [0.1, 0.15) is 22.8 Å². The molecule has 0 saturated carbocycles. The van der Waals surface area contributed by atoms with Crippen LogP contribution in [0.25, 0.3) is 0 Å². The van der Waals surface area contributed by atoms with Gasteiger partial charge in [-0.3, -0.25) is 0 Å². The Kier molecular flexibility index (Phi) is 4.08. The van der Waals surface area contributed by atoms with Crippen LogP contribution >= 0.6 is 11.6 Å². The topological polar surface area (TPSA) is 29.5 Å². The van der Waals surface area contributed by atoms with E-state index < -0.39 is 11.9 Å². The molecule has 0 heterocycles. The van der Waals surface area contributed by atoms with Crippen molar-refractivity contribution in [3.05, 3.63) is 63.9 Å². The molecule has 0 fully saturated rings. The Morgan fingerprint density at radius 3 is 2.58 bits per heavy atom. The fraction of sp³-hybridized carbons (Fsp3) is 0.200. The lowest BCUT2D eigenvalue weighted by Gasteiger charge is -2.17. The third kappa shape index (κ3) is 2.88. The van der Waals surface area contributed by atoms with E-state index in [1.165, 1.54) is 25.3 Å². The summed E-state index contributed by atoms with van der Waals surface area (Å²) in [6.07, 6.45) is -0.982. The van der Waals surface area contributed by atoms with Gasteiger partial charge in [0.2, 0.25) is 0 Å². The van der Waals surface area contributed by atoms with Crippen molar-refractivity contribution < 1.29 is 14.2 Å². The van der Waals surface area contributed by atoms with E-state index in [2.05, 4.69) is 0 Å². The summed E-state index contributed by atoms with van der Waals surface area (Å²) in [7, 11) is 1.48. The number of rotatable bonds is 3. The minimum absolute atomic E-state index is 0.382. The van der Waals surface area contributed by atoms with Gasteiger partial charge in [0.15, 0.2) is 0 Å². The summed E-state index contributed by atoms with van der Waals surface area (Å²) >= 11 is 5.94. The van der Waals surface area contributed by atoms with Crippen LogP contribution in [0, 0.1) is 12.7 Å². The first-order valence-electron chi connectivity index (χ1n) is 5.80. The minimum Gasteiger partial charge on any atom is -0.496 e. The normalized spacial score (nSPS) is 12.3. The van der Waals surface area contributed by atoms with E-state index in [-0.39, 0.29) is 0 Å². The number of hydrogen-bond donors (Lipinski definition) is 1. The SMILES string of the molecule is COc1ccc(F)cc1C(O)c1cc(Cl)ccc1C. The molecule has 19 heavy (non-hydrogen) atoms. The smallest absolute Gasteiger partial charge is 0.125 e. The average Bonchev–Trinajstić information content (AvgIpc) is 2.40. The van der Waals surface area contributed by atoms with Gasteiger partial charge in [-0.15, -0.1) is 0 Å². The van der Waals surface area contributed by atoms with E-state index in [0.29, 0.717) is 21.9 Å². The second-order valence-electron chi connectivity index (χ2n) is 4.29. The van der Waals surface area contributed by atoms with Crippen LogP contribution in [-0.4, -0.2) is 12.2 Å². The molecule has 0 aliphatic heterocycles. The number of aliphatic hydroxyl groups excluding tert-OH is 1. The second-order valence-corrected chi connectivity index (χ2v) is 4.73. The molecule has 0 spiro atoms. The third-order valence-corrected chi connectivity index (χ3v) is 3.26. The standard InChI is InChI=1S/C15H14ClFO2/c1-9-3-4-10(16)7-12(9)15(18)13-8-11(17)5-6-14(13)19-2/h3-8,15,18H,1-2H3. The molecule has 0 aromatic heterocycles. The van der Waals surface area contributed by atoms with Gasteiger partial charge in [-0.2, -0.15) is 0 Å². The van der Waals surface area contributed by atoms with Crippen molar-refractivity contribution in [3.63, 3.8) is 0 Å². The quantitative estimate of drug-likeness (QED) is 0.924. The number of hydrogen-bond acceptors (Lipinski definition) is 2. The van der Waals surface area contributed by atoms with E-state index in [1.54, 1.807) is 12.1 Å². The summed E-state index contributed by atoms with van der Waals surface area (Å²) in [6.45, 7) is 1.86. The molecule has 0 amide bonds. The number of aliphatic hydroxyl groups is 1. The molecule has 100 valence electrons. The summed E-state index contributed by atoms with van der Waals surface area (Å²) < 4.78 is 18.5. The zero-order valence-electron chi connectivity index (χ0n) is 10.7. The lowest BCUT2D eigenvalue weighted by atomic mass is 9.97. The molecule has 1 N–H and O–H groups in total. The maximum Gasteiger partial charge on any atom is 0.125 e. The first kappa shape index (κ1) is 13.8. The Morgan fingerprint density at radius 1 is 1.16 bits per heavy atom. The van der Waals surface area contributed by atoms with Crippen LogP contribution < -0.4 is 4.74 Å². The number of methoxy groups -OCH3 is 1. The van der Waals surface area contributed by atoms with Crippen molar-refractivity contribution >= 4 is 11.6 Å². The monoisotopic (exact) mass is 280 g/mol. The van der Waals surface area contributed by atoms with Crippen molar-refractivity contribution in [1.82, 2.24) is 0 Å². The molecule has 2 aromatic rings. The number of ether oxygens (including phenoxy) is 1. The zero-order valence-corrected chi connectivity index (χ0v) is 11.4. The molecule has 0 saturated heterocycles. The van der Waals surface area contributed by atoms with E-state index in [4.69, 9.17) is 16.3 Å². The summed E-state index contributed by atoms with van der Waals surface area (Å²) in [5, 5.41) is 11.0. The molecule has 2 nitrogen and oxygen atoms in total. The van der Waals surface area contributed by atoms with Gasteiger partial charge in [0.1, 0.15) is 17.7 Å². The first-order chi connectivity index (χ1) is 9.02. The average molecular weight is 281 g/mol. The first-order valence-corrected chi connectivity index (χ1v) is 6.18. The Morgan fingerprint density at radius 2 is 1.89 bits per heavy atom. The molecule has 4 heteroatoms. The van der Waals surface area contributed by atoms with E-state index in [9.17, 15) is 9.50 Å². The molecular formula is C15H14ClFO2. The van der Waals surface area contributed by atoms with Crippen LogP contribution in [0.5, 0.6) is 5.75 Å². The maximum absolute atomic E-state index is 13.3. The van der Waals surface area contributed by atoms with Gasteiger partial charge < -0.3 is 9.84 Å². The summed E-state index contributed by atoms with van der Waals surface area (Å²) in [4.78, 5) is 0. The van der Waals surface area contributed by atoms with Crippen molar-refractivity contribution in [3.8, 4) is 5.75 Å². The molecule has 2 rings (SSSR count). The molecule has 0 bridgehead atoms. The summed E-state index contributed by atoms with van der Waals surface area (Å²) in [5.74, 6) is 0.0165. The third-order valence-electron chi connectivity index (χ3n) is 3.02. The molecule has 0 radical (unpaired) electrons. The predicted molar refractivity (Wildman–Crippen MR) is 73.2 cm³/mol. The predicted octanol–water partition coefficient (Wildman–Crippen LogP) is 3.88. The molecule has 1 atom stereocenters. The van der Waals surface area contributed by atoms with E-state index in [0.717, 1.165) is 5.56 Å². The fourth-order valence-corrected chi connectivity index (χ4v) is 2.17. The largest absolute Gasteiger partial charge is 0.496 e. The lowest BCUT2D eigenvalue weighted by Crippen LogP contribution is -2.05. The molecule has 0 aliphatic rings. The van der Waals surface area contributed by atoms with E-state index >= 15 is 0 Å². The molecule has 2 aromatic carbocycles. The Balaban J connectivity index is 2.51. The molecule has 0 aliphatic carbocycles.